The molecule has 2 heterocycles. The van der Waals surface area contributed by atoms with Gasteiger partial charge >= 0.3 is 5.69 Å². The van der Waals surface area contributed by atoms with Gasteiger partial charge in [-0.1, -0.05) is 11.8 Å². The van der Waals surface area contributed by atoms with E-state index in [1.165, 1.54) is 11.8 Å². The Labute approximate surface area is 114 Å². The second-order valence-corrected chi connectivity index (χ2v) is 5.17. The van der Waals surface area contributed by atoms with Crippen LogP contribution in [0.5, 0.6) is 0 Å². The number of rotatable bonds is 4. The van der Waals surface area contributed by atoms with Gasteiger partial charge in [0.1, 0.15) is 11.8 Å². The Morgan fingerprint density at radius 1 is 1.58 bits per heavy atom. The smallest absolute Gasteiger partial charge is 0.268 e. The van der Waals surface area contributed by atoms with Gasteiger partial charge in [0.2, 0.25) is 0 Å². The van der Waals surface area contributed by atoms with Crippen LogP contribution in [-0.2, 0) is 5.75 Å². The quantitative estimate of drug-likeness (QED) is 0.858. The van der Waals surface area contributed by atoms with Crippen molar-refractivity contribution in [1.29, 1.82) is 5.26 Å². The van der Waals surface area contributed by atoms with Gasteiger partial charge in [0.05, 0.1) is 0 Å². The largest absolute Gasteiger partial charge is 0.344 e. The molecule has 7 heteroatoms. The van der Waals surface area contributed by atoms with Crippen LogP contribution < -0.4 is 5.69 Å². The van der Waals surface area contributed by atoms with Gasteiger partial charge in [0, 0.05) is 18.0 Å². The van der Waals surface area contributed by atoms with Crippen molar-refractivity contribution in [3.05, 3.63) is 40.1 Å². The summed E-state index contributed by atoms with van der Waals surface area (Å²) in [6.07, 6.45) is 1.61. The summed E-state index contributed by atoms with van der Waals surface area (Å²) in [4.78, 5) is 15.5. The molecule has 0 spiro atoms. The van der Waals surface area contributed by atoms with Gasteiger partial charge in [-0.25, -0.2) is 14.9 Å². The second kappa shape index (κ2) is 5.71. The topological polar surface area (TPSA) is 87.4 Å². The van der Waals surface area contributed by atoms with Crippen molar-refractivity contribution >= 4 is 11.8 Å². The van der Waals surface area contributed by atoms with E-state index in [0.29, 0.717) is 16.6 Å². The molecule has 2 rings (SSSR count). The first-order valence-electron chi connectivity index (χ1n) is 5.76. The van der Waals surface area contributed by atoms with Crippen molar-refractivity contribution < 1.29 is 0 Å². The molecule has 0 bridgehead atoms. The van der Waals surface area contributed by atoms with Gasteiger partial charge in [-0.3, -0.25) is 4.57 Å². The van der Waals surface area contributed by atoms with E-state index < -0.39 is 0 Å². The summed E-state index contributed by atoms with van der Waals surface area (Å²) in [6.45, 7) is 3.86. The van der Waals surface area contributed by atoms with E-state index in [1.54, 1.807) is 16.8 Å². The molecule has 6 nitrogen and oxygen atoms in total. The molecule has 0 aliphatic heterocycles. The zero-order chi connectivity index (χ0) is 13.8. The maximum Gasteiger partial charge on any atom is 0.344 e. The second-order valence-electron chi connectivity index (χ2n) is 4.22. The molecular weight excluding hydrogens is 262 g/mol. The molecule has 2 aromatic heterocycles. The Morgan fingerprint density at radius 3 is 3.05 bits per heavy atom. The predicted octanol–water partition coefficient (Wildman–Crippen LogP) is 1.71. The van der Waals surface area contributed by atoms with Crippen LogP contribution in [0.2, 0.25) is 0 Å². The first-order chi connectivity index (χ1) is 9.11. The van der Waals surface area contributed by atoms with E-state index in [9.17, 15) is 4.79 Å². The summed E-state index contributed by atoms with van der Waals surface area (Å²) in [5, 5.41) is 15.9. The Hall–Kier alpha value is -2.07. The van der Waals surface area contributed by atoms with Crippen LogP contribution in [0.1, 0.15) is 31.1 Å². The average molecular weight is 275 g/mol. The summed E-state index contributed by atoms with van der Waals surface area (Å²) in [6, 6.07) is 5.64. The lowest BCUT2D eigenvalue weighted by Gasteiger charge is -2.08. The van der Waals surface area contributed by atoms with Gasteiger partial charge in [-0.05, 0) is 31.5 Å². The molecule has 0 aliphatic rings. The molecular formula is C12H13N5OS. The molecule has 98 valence electrons. The molecule has 19 heavy (non-hydrogen) atoms. The standard InChI is InChI=1S/C12H13N5OS/c1-8(2)17-11(18)15-16-12(17)19-7-9-3-4-14-10(5-9)6-13/h3-5,8H,7H2,1-2H3,(H,15,18). The number of thioether (sulfide) groups is 1. The van der Waals surface area contributed by atoms with Crippen molar-refractivity contribution in [2.24, 2.45) is 0 Å². The third kappa shape index (κ3) is 3.03. The van der Waals surface area contributed by atoms with Crippen LogP contribution in [0.15, 0.2) is 28.3 Å². The van der Waals surface area contributed by atoms with E-state index in [0.717, 1.165) is 5.56 Å². The average Bonchev–Trinajstić information content (AvgIpc) is 2.78. The minimum atomic E-state index is -0.204. The van der Waals surface area contributed by atoms with Crippen LogP contribution in [0.3, 0.4) is 0 Å². The number of nitriles is 1. The lowest BCUT2D eigenvalue weighted by atomic mass is 10.2. The van der Waals surface area contributed by atoms with Crippen LogP contribution in [0, 0.1) is 11.3 Å². The summed E-state index contributed by atoms with van der Waals surface area (Å²) in [5.41, 5.74) is 1.16. The van der Waals surface area contributed by atoms with Gasteiger partial charge in [0.15, 0.2) is 5.16 Å². The maximum absolute atomic E-state index is 11.6. The van der Waals surface area contributed by atoms with Gasteiger partial charge < -0.3 is 0 Å². The normalized spacial score (nSPS) is 10.6. The number of nitrogens with one attached hydrogen (secondary N) is 1. The number of hydrogen-bond acceptors (Lipinski definition) is 5. The minimum Gasteiger partial charge on any atom is -0.268 e. The Balaban J connectivity index is 2.15. The van der Waals surface area contributed by atoms with Crippen LogP contribution in [0.4, 0.5) is 0 Å². The van der Waals surface area contributed by atoms with E-state index >= 15 is 0 Å². The zero-order valence-electron chi connectivity index (χ0n) is 10.6. The molecule has 0 amide bonds. The van der Waals surface area contributed by atoms with Gasteiger partial charge in [-0.15, -0.1) is 5.10 Å². The van der Waals surface area contributed by atoms with Gasteiger partial charge in [-0.2, -0.15) is 5.26 Å². The number of pyridine rings is 1. The van der Waals surface area contributed by atoms with Crippen LogP contribution in [-0.4, -0.2) is 19.7 Å². The molecule has 2 aromatic rings. The molecule has 0 saturated heterocycles. The van der Waals surface area contributed by atoms with Crippen molar-refractivity contribution in [3.8, 4) is 6.07 Å². The van der Waals surface area contributed by atoms with E-state index in [-0.39, 0.29) is 11.7 Å². The number of nitrogens with zero attached hydrogens (tertiary/aromatic N) is 4. The highest BCUT2D eigenvalue weighted by molar-refractivity contribution is 7.98. The fourth-order valence-corrected chi connectivity index (χ4v) is 2.64. The molecule has 0 unspecified atom stereocenters. The predicted molar refractivity (Wildman–Crippen MR) is 71.7 cm³/mol. The lowest BCUT2D eigenvalue weighted by Crippen LogP contribution is -2.19. The first kappa shape index (κ1) is 13.4. The Kier molecular flexibility index (Phi) is 4.02. The summed E-state index contributed by atoms with van der Waals surface area (Å²) >= 11 is 1.45. The van der Waals surface area contributed by atoms with E-state index in [2.05, 4.69) is 15.2 Å². The third-order valence-corrected chi connectivity index (χ3v) is 3.52. The van der Waals surface area contributed by atoms with Crippen LogP contribution >= 0.6 is 11.8 Å². The maximum atomic E-state index is 11.6. The number of aromatic nitrogens is 4. The summed E-state index contributed by atoms with van der Waals surface area (Å²) < 4.78 is 1.61. The minimum absolute atomic E-state index is 0.0564. The number of H-pyrrole nitrogens is 1. The molecule has 1 N–H and O–H groups in total. The molecule has 0 saturated carbocycles. The van der Waals surface area contributed by atoms with Gasteiger partial charge in [0.25, 0.3) is 0 Å². The highest BCUT2D eigenvalue weighted by Gasteiger charge is 2.11. The van der Waals surface area contributed by atoms with E-state index in [1.807, 2.05) is 26.0 Å². The van der Waals surface area contributed by atoms with Crippen molar-refractivity contribution in [2.75, 3.05) is 0 Å². The lowest BCUT2D eigenvalue weighted by molar-refractivity contribution is 0.534. The Morgan fingerprint density at radius 2 is 2.37 bits per heavy atom. The zero-order valence-corrected chi connectivity index (χ0v) is 11.4. The third-order valence-electron chi connectivity index (χ3n) is 2.50. The first-order valence-corrected chi connectivity index (χ1v) is 6.75. The fraction of sp³-hybridized carbons (Fsp3) is 0.333. The summed E-state index contributed by atoms with van der Waals surface area (Å²) in [7, 11) is 0. The van der Waals surface area contributed by atoms with Crippen molar-refractivity contribution in [3.63, 3.8) is 0 Å². The molecule has 0 fully saturated rings. The summed E-state index contributed by atoms with van der Waals surface area (Å²) in [5.74, 6) is 0.633. The highest BCUT2D eigenvalue weighted by Crippen LogP contribution is 2.21. The molecule has 0 aliphatic carbocycles. The molecule has 0 radical (unpaired) electrons. The van der Waals surface area contributed by atoms with Crippen molar-refractivity contribution in [2.45, 2.75) is 30.8 Å². The van der Waals surface area contributed by atoms with Crippen molar-refractivity contribution in [1.82, 2.24) is 19.7 Å². The van der Waals surface area contributed by atoms with Crippen LogP contribution in [0.25, 0.3) is 0 Å². The number of hydrogen-bond donors (Lipinski definition) is 1. The Bertz CT molecular complexity index is 667. The number of aromatic amines is 1. The van der Waals surface area contributed by atoms with E-state index in [4.69, 9.17) is 5.26 Å². The molecule has 0 atom stereocenters. The highest BCUT2D eigenvalue weighted by atomic mass is 32.2. The SMILES string of the molecule is CC(C)n1c(SCc2ccnc(C#N)c2)n[nH]c1=O. The monoisotopic (exact) mass is 275 g/mol. The molecule has 0 aromatic carbocycles. The fourth-order valence-electron chi connectivity index (χ4n) is 1.62.